The molecule has 1 aliphatic carbocycles. The second-order valence-corrected chi connectivity index (χ2v) is 6.62. The zero-order valence-corrected chi connectivity index (χ0v) is 13.7. The van der Waals surface area contributed by atoms with Crippen LogP contribution in [0.15, 0.2) is 24.3 Å². The Morgan fingerprint density at radius 2 is 1.96 bits per heavy atom. The number of carbonyl (C=O) groups is 2. The first kappa shape index (κ1) is 16.8. The van der Waals surface area contributed by atoms with Gasteiger partial charge >= 0.3 is 5.97 Å². The summed E-state index contributed by atoms with van der Waals surface area (Å²) in [5.41, 5.74) is 1.10. The van der Waals surface area contributed by atoms with Crippen molar-refractivity contribution in [2.45, 2.75) is 38.3 Å². The van der Waals surface area contributed by atoms with Crippen LogP contribution >= 0.6 is 0 Å². The molecule has 0 radical (unpaired) electrons. The number of fused-ring (bicyclic) bond motifs is 1. The summed E-state index contributed by atoms with van der Waals surface area (Å²) in [6.07, 6.45) is 2.78. The topological polar surface area (TPSA) is 78.9 Å². The molecule has 2 N–H and O–H groups in total. The minimum atomic E-state index is -0.719. The first-order valence-corrected chi connectivity index (χ1v) is 8.57. The van der Waals surface area contributed by atoms with Crippen molar-refractivity contribution in [3.8, 4) is 5.75 Å². The second kappa shape index (κ2) is 7.66. The van der Waals surface area contributed by atoms with Crippen molar-refractivity contribution in [2.75, 3.05) is 19.7 Å². The molecular formula is C18H24N2O4. The van der Waals surface area contributed by atoms with E-state index in [-0.39, 0.29) is 17.9 Å². The van der Waals surface area contributed by atoms with Gasteiger partial charge in [-0.25, -0.2) is 0 Å². The maximum atomic E-state index is 12.3. The monoisotopic (exact) mass is 332 g/mol. The largest absolute Gasteiger partial charge is 0.492 e. The van der Waals surface area contributed by atoms with Crippen LogP contribution in [0.2, 0.25) is 0 Å². The zero-order valence-electron chi connectivity index (χ0n) is 13.7. The molecule has 6 heteroatoms. The summed E-state index contributed by atoms with van der Waals surface area (Å²) in [5.74, 6) is -0.0685. The number of hydrogen-bond acceptors (Lipinski definition) is 4. The molecule has 130 valence electrons. The molecule has 1 saturated carbocycles. The molecule has 0 atom stereocenters. The molecule has 0 saturated heterocycles. The normalized spacial score (nSPS) is 24.3. The number of nitrogens with one attached hydrogen (secondary N) is 1. The average molecular weight is 332 g/mol. The van der Waals surface area contributed by atoms with Gasteiger partial charge in [-0.3, -0.25) is 14.5 Å². The van der Waals surface area contributed by atoms with Crippen LogP contribution in [0, 0.1) is 5.92 Å². The molecule has 0 aromatic heterocycles. The van der Waals surface area contributed by atoms with Crippen molar-refractivity contribution in [2.24, 2.45) is 5.92 Å². The molecule has 0 unspecified atom stereocenters. The summed E-state index contributed by atoms with van der Waals surface area (Å²) in [5, 5.41) is 12.1. The Labute approximate surface area is 141 Å². The molecule has 6 nitrogen and oxygen atoms in total. The minimum absolute atomic E-state index is 0.00755. The average Bonchev–Trinajstić information content (AvgIpc) is 2.76. The Hall–Kier alpha value is -2.08. The van der Waals surface area contributed by atoms with Crippen LogP contribution in [-0.2, 0) is 16.1 Å². The van der Waals surface area contributed by atoms with E-state index in [1.807, 2.05) is 24.3 Å². The summed E-state index contributed by atoms with van der Waals surface area (Å²) in [6.45, 7) is 2.34. The Balaban J connectivity index is 1.48. The standard InChI is InChI=1S/C18H24N2O4/c21-17(19-15-7-5-13(6-8-15)18(22)23)12-20-9-10-24-16-4-2-1-3-14(16)11-20/h1-4,13,15H,5-12H2,(H,19,21)(H,22,23). The highest BCUT2D eigenvalue weighted by Gasteiger charge is 2.27. The first-order chi connectivity index (χ1) is 11.6. The Morgan fingerprint density at radius 1 is 1.21 bits per heavy atom. The molecule has 1 aromatic rings. The molecule has 1 fully saturated rings. The van der Waals surface area contributed by atoms with Gasteiger partial charge < -0.3 is 15.2 Å². The molecule has 1 aliphatic heterocycles. The van der Waals surface area contributed by atoms with Crippen molar-refractivity contribution in [3.63, 3.8) is 0 Å². The van der Waals surface area contributed by atoms with E-state index in [0.29, 0.717) is 39.1 Å². The predicted octanol–water partition coefficient (Wildman–Crippen LogP) is 1.64. The number of amides is 1. The molecule has 1 heterocycles. The minimum Gasteiger partial charge on any atom is -0.492 e. The number of hydrogen-bond donors (Lipinski definition) is 2. The van der Waals surface area contributed by atoms with Gasteiger partial charge in [0, 0.05) is 24.7 Å². The number of carbonyl (C=O) groups excluding carboxylic acids is 1. The summed E-state index contributed by atoms with van der Waals surface area (Å²) in [4.78, 5) is 25.4. The summed E-state index contributed by atoms with van der Waals surface area (Å²) < 4.78 is 5.72. The molecule has 3 rings (SSSR count). The second-order valence-electron chi connectivity index (χ2n) is 6.62. The zero-order chi connectivity index (χ0) is 16.9. The van der Waals surface area contributed by atoms with Crippen LogP contribution in [0.1, 0.15) is 31.2 Å². The van der Waals surface area contributed by atoms with Crippen LogP contribution in [0.25, 0.3) is 0 Å². The Bertz CT molecular complexity index is 596. The van der Waals surface area contributed by atoms with Gasteiger partial charge in [0.2, 0.25) is 5.91 Å². The van der Waals surface area contributed by atoms with Gasteiger partial charge in [-0.2, -0.15) is 0 Å². The van der Waals surface area contributed by atoms with Crippen molar-refractivity contribution in [1.82, 2.24) is 10.2 Å². The van der Waals surface area contributed by atoms with Gasteiger partial charge in [-0.05, 0) is 31.7 Å². The smallest absolute Gasteiger partial charge is 0.306 e. The fourth-order valence-corrected chi connectivity index (χ4v) is 3.48. The lowest BCUT2D eigenvalue weighted by atomic mass is 9.86. The SMILES string of the molecule is O=C(CN1CCOc2ccccc2C1)NC1CCC(C(=O)O)CC1. The third kappa shape index (κ3) is 4.26. The summed E-state index contributed by atoms with van der Waals surface area (Å²) in [7, 11) is 0. The van der Waals surface area contributed by atoms with E-state index in [4.69, 9.17) is 9.84 Å². The van der Waals surface area contributed by atoms with Gasteiger partial charge in [0.05, 0.1) is 12.5 Å². The third-order valence-corrected chi connectivity index (χ3v) is 4.84. The van der Waals surface area contributed by atoms with Crippen molar-refractivity contribution in [1.29, 1.82) is 0 Å². The highest BCUT2D eigenvalue weighted by molar-refractivity contribution is 5.78. The number of carboxylic acid groups (broad SMARTS) is 1. The third-order valence-electron chi connectivity index (χ3n) is 4.84. The first-order valence-electron chi connectivity index (χ1n) is 8.57. The quantitative estimate of drug-likeness (QED) is 0.876. The molecule has 24 heavy (non-hydrogen) atoms. The molecule has 2 aliphatic rings. The van der Waals surface area contributed by atoms with Gasteiger partial charge in [0.25, 0.3) is 0 Å². The number of rotatable bonds is 4. The maximum Gasteiger partial charge on any atom is 0.306 e. The van der Waals surface area contributed by atoms with Crippen LogP contribution in [0.3, 0.4) is 0 Å². The lowest BCUT2D eigenvalue weighted by Gasteiger charge is -2.28. The molecule has 1 aromatic carbocycles. The fraction of sp³-hybridized carbons (Fsp3) is 0.556. The van der Waals surface area contributed by atoms with Crippen LogP contribution in [0.5, 0.6) is 5.75 Å². The highest BCUT2D eigenvalue weighted by atomic mass is 16.5. The molecule has 0 bridgehead atoms. The van der Waals surface area contributed by atoms with Gasteiger partial charge in [0.15, 0.2) is 0 Å². The predicted molar refractivity (Wildman–Crippen MR) is 88.7 cm³/mol. The van der Waals surface area contributed by atoms with E-state index < -0.39 is 5.97 Å². The van der Waals surface area contributed by atoms with Gasteiger partial charge in [0.1, 0.15) is 12.4 Å². The number of benzene rings is 1. The van der Waals surface area contributed by atoms with E-state index in [2.05, 4.69) is 10.2 Å². The number of para-hydroxylation sites is 1. The molecule has 1 amide bonds. The molecular weight excluding hydrogens is 308 g/mol. The summed E-state index contributed by atoms with van der Waals surface area (Å²) in [6, 6.07) is 8.02. The Morgan fingerprint density at radius 3 is 2.71 bits per heavy atom. The van der Waals surface area contributed by atoms with Crippen LogP contribution in [0.4, 0.5) is 0 Å². The highest BCUT2D eigenvalue weighted by Crippen LogP contribution is 2.25. The lowest BCUT2D eigenvalue weighted by Crippen LogP contribution is -2.44. The van der Waals surface area contributed by atoms with Crippen molar-refractivity contribution in [3.05, 3.63) is 29.8 Å². The Kier molecular flexibility index (Phi) is 5.35. The van der Waals surface area contributed by atoms with Crippen molar-refractivity contribution < 1.29 is 19.4 Å². The van der Waals surface area contributed by atoms with Gasteiger partial charge in [-0.15, -0.1) is 0 Å². The van der Waals surface area contributed by atoms with Crippen LogP contribution < -0.4 is 10.1 Å². The van der Waals surface area contributed by atoms with E-state index in [1.54, 1.807) is 0 Å². The van der Waals surface area contributed by atoms with Gasteiger partial charge in [-0.1, -0.05) is 18.2 Å². The number of aliphatic carboxylic acids is 1. The van der Waals surface area contributed by atoms with E-state index in [9.17, 15) is 9.59 Å². The number of carboxylic acids is 1. The van der Waals surface area contributed by atoms with E-state index >= 15 is 0 Å². The molecule has 0 spiro atoms. The fourth-order valence-electron chi connectivity index (χ4n) is 3.48. The lowest BCUT2D eigenvalue weighted by molar-refractivity contribution is -0.142. The summed E-state index contributed by atoms with van der Waals surface area (Å²) >= 11 is 0. The van der Waals surface area contributed by atoms with Crippen molar-refractivity contribution >= 4 is 11.9 Å². The van der Waals surface area contributed by atoms with E-state index in [1.165, 1.54) is 0 Å². The van der Waals surface area contributed by atoms with Crippen LogP contribution in [-0.4, -0.2) is 47.6 Å². The maximum absolute atomic E-state index is 12.3. The number of ether oxygens (including phenoxy) is 1. The van der Waals surface area contributed by atoms with E-state index in [0.717, 1.165) is 24.2 Å². The number of nitrogens with zero attached hydrogens (tertiary/aromatic N) is 1.